The predicted octanol–water partition coefficient (Wildman–Crippen LogP) is 8.49. The van der Waals surface area contributed by atoms with Gasteiger partial charge in [0, 0.05) is 32.1 Å². The lowest BCUT2D eigenvalue weighted by molar-refractivity contribution is -0.179. The quantitative estimate of drug-likeness (QED) is 0.156. The van der Waals surface area contributed by atoms with E-state index in [1.54, 1.807) is 40.0 Å². The number of alkyl halides is 6. The van der Waals surface area contributed by atoms with Crippen molar-refractivity contribution in [3.8, 4) is 0 Å². The molecular weight excluding hydrogens is 723 g/mol. The molecule has 2 aromatic carbocycles. The number of benzene rings is 2. The first-order valence-electron chi connectivity index (χ1n) is 15.9. The zero-order valence-electron chi connectivity index (χ0n) is 27.9. The molecular formula is C34H35Cl2F6N7O2. The maximum absolute atomic E-state index is 14.2. The Morgan fingerprint density at radius 2 is 1.61 bits per heavy atom. The average molecular weight is 759 g/mol. The number of imidazole rings is 1. The van der Waals surface area contributed by atoms with Gasteiger partial charge in [0.25, 0.3) is 5.91 Å². The number of carbonyl (C=O) groups is 2. The fourth-order valence-electron chi connectivity index (χ4n) is 5.65. The molecule has 9 nitrogen and oxygen atoms in total. The molecule has 274 valence electrons. The number of halogens is 8. The average Bonchev–Trinajstić information content (AvgIpc) is 3.37. The minimum atomic E-state index is -4.87. The molecule has 3 N–H and O–H groups in total. The van der Waals surface area contributed by atoms with E-state index in [0.717, 1.165) is 0 Å². The lowest BCUT2D eigenvalue weighted by atomic mass is 9.95. The number of hydrogen-bond donors (Lipinski definition) is 3. The largest absolute Gasteiger partial charge is 0.412 e. The Morgan fingerprint density at radius 3 is 2.20 bits per heavy atom. The number of hydrogen-bond acceptors (Lipinski definition) is 6. The van der Waals surface area contributed by atoms with Crippen molar-refractivity contribution >= 4 is 63.6 Å². The summed E-state index contributed by atoms with van der Waals surface area (Å²) in [6, 6.07) is 8.90. The Kier molecular flexibility index (Phi) is 10.7. The van der Waals surface area contributed by atoms with Crippen LogP contribution in [0.3, 0.4) is 0 Å². The van der Waals surface area contributed by atoms with Gasteiger partial charge >= 0.3 is 12.4 Å². The number of nitrogens with zero attached hydrogens (tertiary/aromatic N) is 4. The van der Waals surface area contributed by atoms with Crippen molar-refractivity contribution in [1.82, 2.24) is 25.2 Å². The number of anilines is 3. The van der Waals surface area contributed by atoms with E-state index < -0.39 is 35.6 Å². The molecule has 17 heteroatoms. The zero-order chi connectivity index (χ0) is 37.5. The highest BCUT2D eigenvalue weighted by atomic mass is 35.5. The number of nitrogens with one attached hydrogen (secondary N) is 3. The summed E-state index contributed by atoms with van der Waals surface area (Å²) in [5, 5.41) is 8.31. The van der Waals surface area contributed by atoms with Crippen LogP contribution in [0.1, 0.15) is 61.1 Å². The molecule has 1 saturated heterocycles. The Balaban J connectivity index is 1.53. The number of rotatable bonds is 8. The lowest BCUT2D eigenvalue weighted by Crippen LogP contribution is -2.42. The Bertz CT molecular complexity index is 1920. The van der Waals surface area contributed by atoms with Gasteiger partial charge in [-0.25, -0.2) is 9.97 Å². The number of piperidine rings is 1. The Labute approximate surface area is 299 Å². The van der Waals surface area contributed by atoms with Crippen LogP contribution in [0.25, 0.3) is 11.2 Å². The highest BCUT2D eigenvalue weighted by Crippen LogP contribution is 2.39. The van der Waals surface area contributed by atoms with E-state index in [2.05, 4.69) is 25.9 Å². The summed E-state index contributed by atoms with van der Waals surface area (Å²) < 4.78 is 84.6. The fourth-order valence-corrected chi connectivity index (χ4v) is 6.18. The molecule has 5 rings (SSSR count). The van der Waals surface area contributed by atoms with Crippen LogP contribution >= 0.6 is 23.2 Å². The third kappa shape index (κ3) is 8.46. The van der Waals surface area contributed by atoms with Gasteiger partial charge in [0.15, 0.2) is 11.7 Å². The fraction of sp³-hybridized carbons (Fsp3) is 0.412. The van der Waals surface area contributed by atoms with Crippen molar-refractivity contribution < 1.29 is 35.9 Å². The van der Waals surface area contributed by atoms with Gasteiger partial charge in [-0.1, -0.05) is 80.4 Å². The predicted molar refractivity (Wildman–Crippen MR) is 183 cm³/mol. The normalized spacial score (nSPS) is 15.2. The second-order valence-corrected chi connectivity index (χ2v) is 14.1. The summed E-state index contributed by atoms with van der Waals surface area (Å²) in [7, 11) is 1.58. The molecule has 2 aromatic heterocycles. The van der Waals surface area contributed by atoms with Gasteiger partial charge in [-0.2, -0.15) is 26.3 Å². The second-order valence-electron chi connectivity index (χ2n) is 13.3. The van der Waals surface area contributed by atoms with Gasteiger partial charge in [0.05, 0.1) is 27.2 Å². The number of fused-ring (bicyclic) bond motifs is 1. The third-order valence-electron chi connectivity index (χ3n) is 8.59. The van der Waals surface area contributed by atoms with Gasteiger partial charge in [-0.3, -0.25) is 14.2 Å². The Morgan fingerprint density at radius 1 is 0.961 bits per heavy atom. The van der Waals surface area contributed by atoms with Crippen molar-refractivity contribution in [1.29, 1.82) is 0 Å². The molecule has 0 unspecified atom stereocenters. The van der Waals surface area contributed by atoms with Crippen molar-refractivity contribution in [2.45, 2.75) is 58.6 Å². The first-order chi connectivity index (χ1) is 23.8. The Hall–Kier alpha value is -4.24. The van der Waals surface area contributed by atoms with Crippen molar-refractivity contribution in [3.63, 3.8) is 0 Å². The van der Waals surface area contributed by atoms with E-state index in [9.17, 15) is 35.9 Å². The second kappa shape index (κ2) is 14.4. The molecule has 0 saturated carbocycles. The van der Waals surface area contributed by atoms with Crippen LogP contribution in [-0.2, 0) is 18.4 Å². The molecule has 0 bridgehead atoms. The topological polar surface area (TPSA) is 104 Å². The van der Waals surface area contributed by atoms with Crippen molar-refractivity contribution in [2.24, 2.45) is 18.4 Å². The maximum Gasteiger partial charge on any atom is 0.412 e. The van der Waals surface area contributed by atoms with E-state index in [0.29, 0.717) is 5.56 Å². The number of pyridine rings is 1. The number of aryl methyl sites for hydroxylation is 1. The molecule has 0 aliphatic carbocycles. The van der Waals surface area contributed by atoms with Crippen molar-refractivity contribution in [3.05, 3.63) is 75.3 Å². The van der Waals surface area contributed by atoms with Crippen LogP contribution in [-0.4, -0.2) is 51.8 Å². The molecule has 1 aliphatic rings. The van der Waals surface area contributed by atoms with Crippen LogP contribution in [0.4, 0.5) is 43.8 Å². The zero-order valence-corrected chi connectivity index (χ0v) is 29.4. The number of carbonyl (C=O) groups excluding carboxylic acids is 2. The highest BCUT2D eigenvalue weighted by Gasteiger charge is 2.44. The van der Waals surface area contributed by atoms with Crippen LogP contribution in [0.5, 0.6) is 0 Å². The summed E-state index contributed by atoms with van der Waals surface area (Å²) >= 11 is 13.2. The van der Waals surface area contributed by atoms with Crippen LogP contribution in [0, 0.1) is 11.3 Å². The maximum atomic E-state index is 14.2. The summed E-state index contributed by atoms with van der Waals surface area (Å²) in [6.07, 6.45) is -9.87. The van der Waals surface area contributed by atoms with Gasteiger partial charge in [-0.15, -0.1) is 0 Å². The number of amides is 2. The summed E-state index contributed by atoms with van der Waals surface area (Å²) in [4.78, 5) is 36.7. The van der Waals surface area contributed by atoms with Crippen LogP contribution in [0.15, 0.2) is 48.5 Å². The van der Waals surface area contributed by atoms with E-state index in [4.69, 9.17) is 23.2 Å². The molecule has 1 aliphatic heterocycles. The summed E-state index contributed by atoms with van der Waals surface area (Å²) in [6.45, 7) is 5.11. The summed E-state index contributed by atoms with van der Waals surface area (Å²) in [5.41, 5.74) is -0.0881. The summed E-state index contributed by atoms with van der Waals surface area (Å²) in [5.74, 6) is -2.86. The molecule has 1 fully saturated rings. The molecule has 1 atom stereocenters. The molecule has 51 heavy (non-hydrogen) atoms. The van der Waals surface area contributed by atoms with Gasteiger partial charge in [-0.05, 0) is 36.1 Å². The molecule has 2 amide bonds. The number of aromatic nitrogens is 3. The SMILES string of the molecule is Cn1c(Nc2c(Cl)ccc(CNC(=O)C(C)(C)C)c2Cl)nc2cc(C(=O)N[C@H](c3ccccc3)C(F)(F)F)c(N3CCC(C(F)(F)F)CC3)nc21. The molecule has 0 spiro atoms. The third-order valence-corrected chi connectivity index (χ3v) is 9.34. The first-order valence-corrected chi connectivity index (χ1v) is 16.6. The van der Waals surface area contributed by atoms with E-state index in [1.165, 1.54) is 45.9 Å². The minimum Gasteiger partial charge on any atom is -0.356 e. The van der Waals surface area contributed by atoms with Gasteiger partial charge in [0.1, 0.15) is 11.3 Å². The monoisotopic (exact) mass is 757 g/mol. The lowest BCUT2D eigenvalue weighted by Gasteiger charge is -2.34. The van der Waals surface area contributed by atoms with E-state index in [-0.39, 0.29) is 88.2 Å². The van der Waals surface area contributed by atoms with E-state index >= 15 is 0 Å². The molecule has 3 heterocycles. The van der Waals surface area contributed by atoms with Crippen molar-refractivity contribution in [2.75, 3.05) is 23.3 Å². The molecule has 0 radical (unpaired) electrons. The van der Waals surface area contributed by atoms with E-state index in [1.807, 2.05) is 0 Å². The smallest absolute Gasteiger partial charge is 0.356 e. The highest BCUT2D eigenvalue weighted by molar-refractivity contribution is 6.39. The molecule has 4 aromatic rings. The van der Waals surface area contributed by atoms with Crippen LogP contribution < -0.4 is 20.9 Å². The standard InChI is InChI=1S/C34H35Cl2F6N7O2/c1-32(2,3)30(51)43-17-19-10-11-22(35)25(24(19)36)45-31-44-23-16-21(29(50)46-26(34(40,41)42)18-8-6-5-7-9-18)27(47-28(23)48(31)4)49-14-12-20(13-15-49)33(37,38)39/h5-11,16,20,26H,12-15,17H2,1-4H3,(H,43,51)(H,44,45)(H,46,50)/t26-/m1/s1. The minimum absolute atomic E-state index is 0.0863. The van der Waals surface area contributed by atoms with Gasteiger partial charge < -0.3 is 20.9 Å². The van der Waals surface area contributed by atoms with Gasteiger partial charge in [0.2, 0.25) is 11.9 Å². The first kappa shape index (κ1) is 38.0. The van der Waals surface area contributed by atoms with Crippen LogP contribution in [0.2, 0.25) is 10.0 Å².